The summed E-state index contributed by atoms with van der Waals surface area (Å²) in [5.41, 5.74) is 5.05. The highest BCUT2D eigenvalue weighted by molar-refractivity contribution is 5.87. The summed E-state index contributed by atoms with van der Waals surface area (Å²) in [4.78, 5) is 14.7. The van der Waals surface area contributed by atoms with Crippen LogP contribution >= 0.6 is 0 Å². The zero-order valence-electron chi connectivity index (χ0n) is 13.0. The van der Waals surface area contributed by atoms with E-state index in [0.29, 0.717) is 0 Å². The van der Waals surface area contributed by atoms with Gasteiger partial charge in [0.15, 0.2) is 0 Å². The molecule has 3 nitrogen and oxygen atoms in total. The number of aromatic nitrogens is 1. The number of fused-ring (bicyclic) bond motifs is 3. The minimum Gasteiger partial charge on any atom is -0.481 e. The van der Waals surface area contributed by atoms with Crippen LogP contribution in [0, 0.1) is 0 Å². The van der Waals surface area contributed by atoms with Crippen molar-refractivity contribution in [3.05, 3.63) is 35.0 Å². The standard InChI is InChI=1S/C18H23NO2/c1-18(2,3)12-7-8-14-13(10-12)17-11(9-16(20)21)5-4-6-15(17)19-14/h7-8,10-11,19H,4-6,9H2,1-3H3,(H,20,21). The molecule has 1 aromatic heterocycles. The number of carboxylic acid groups (broad SMARTS) is 1. The summed E-state index contributed by atoms with van der Waals surface area (Å²) in [6.45, 7) is 6.63. The summed E-state index contributed by atoms with van der Waals surface area (Å²) < 4.78 is 0. The number of benzene rings is 1. The SMILES string of the molecule is CC(C)(C)c1ccc2[nH]c3c(c2c1)C(CC(=O)O)CCC3. The van der Waals surface area contributed by atoms with Gasteiger partial charge in [-0.2, -0.15) is 0 Å². The number of H-pyrrole nitrogens is 1. The van der Waals surface area contributed by atoms with Crippen molar-refractivity contribution in [3.8, 4) is 0 Å². The molecule has 2 N–H and O–H groups in total. The largest absolute Gasteiger partial charge is 0.481 e. The molecule has 1 unspecified atom stereocenters. The minimum absolute atomic E-state index is 0.106. The molecule has 1 aliphatic carbocycles. The third-order valence-corrected chi connectivity index (χ3v) is 4.60. The first-order valence-corrected chi connectivity index (χ1v) is 7.73. The molecule has 0 radical (unpaired) electrons. The number of carboxylic acids is 1. The average Bonchev–Trinajstić information content (AvgIpc) is 2.75. The van der Waals surface area contributed by atoms with Crippen LogP contribution in [0.4, 0.5) is 0 Å². The highest BCUT2D eigenvalue weighted by atomic mass is 16.4. The van der Waals surface area contributed by atoms with Crippen molar-refractivity contribution in [1.29, 1.82) is 0 Å². The summed E-state index contributed by atoms with van der Waals surface area (Å²) in [6, 6.07) is 6.58. The van der Waals surface area contributed by atoms with Crippen molar-refractivity contribution in [2.24, 2.45) is 0 Å². The van der Waals surface area contributed by atoms with Gasteiger partial charge in [-0.15, -0.1) is 0 Å². The lowest BCUT2D eigenvalue weighted by Crippen LogP contribution is -2.13. The fourth-order valence-electron chi connectivity index (χ4n) is 3.48. The lowest BCUT2D eigenvalue weighted by atomic mass is 9.81. The summed E-state index contributed by atoms with van der Waals surface area (Å²) in [6.07, 6.45) is 3.32. The van der Waals surface area contributed by atoms with Crippen LogP contribution in [-0.2, 0) is 16.6 Å². The smallest absolute Gasteiger partial charge is 0.303 e. The van der Waals surface area contributed by atoms with Crippen LogP contribution in [0.3, 0.4) is 0 Å². The Labute approximate surface area is 125 Å². The van der Waals surface area contributed by atoms with Gasteiger partial charge in [0.2, 0.25) is 0 Å². The Hall–Kier alpha value is -1.77. The second-order valence-corrected chi connectivity index (χ2v) is 7.21. The lowest BCUT2D eigenvalue weighted by molar-refractivity contribution is -0.137. The van der Waals surface area contributed by atoms with Crippen molar-refractivity contribution in [1.82, 2.24) is 4.98 Å². The predicted octanol–water partition coefficient (Wildman–Crippen LogP) is 4.36. The molecule has 3 rings (SSSR count). The number of aryl methyl sites for hydroxylation is 1. The van der Waals surface area contributed by atoms with Crippen molar-refractivity contribution in [2.45, 2.75) is 57.8 Å². The number of nitrogens with one attached hydrogen (secondary N) is 1. The average molecular weight is 285 g/mol. The summed E-state index contributed by atoms with van der Waals surface area (Å²) >= 11 is 0. The van der Waals surface area contributed by atoms with E-state index < -0.39 is 5.97 Å². The van der Waals surface area contributed by atoms with E-state index in [4.69, 9.17) is 0 Å². The van der Waals surface area contributed by atoms with Gasteiger partial charge >= 0.3 is 5.97 Å². The minimum atomic E-state index is -0.700. The number of rotatable bonds is 2. The van der Waals surface area contributed by atoms with Crippen LogP contribution in [0.25, 0.3) is 10.9 Å². The molecule has 2 aromatic rings. The van der Waals surface area contributed by atoms with E-state index >= 15 is 0 Å². The topological polar surface area (TPSA) is 53.1 Å². The van der Waals surface area contributed by atoms with Crippen LogP contribution in [0.1, 0.15) is 62.8 Å². The van der Waals surface area contributed by atoms with E-state index in [1.165, 1.54) is 22.2 Å². The molecule has 1 aliphatic rings. The van der Waals surface area contributed by atoms with E-state index in [2.05, 4.69) is 44.0 Å². The second kappa shape index (κ2) is 4.90. The molecule has 0 spiro atoms. The predicted molar refractivity (Wildman–Crippen MR) is 84.9 cm³/mol. The maximum atomic E-state index is 11.2. The number of aromatic amines is 1. The van der Waals surface area contributed by atoms with Crippen molar-refractivity contribution in [3.63, 3.8) is 0 Å². The fraction of sp³-hybridized carbons (Fsp3) is 0.500. The Morgan fingerprint density at radius 1 is 1.38 bits per heavy atom. The molecule has 1 heterocycles. The third kappa shape index (κ3) is 2.57. The number of aliphatic carboxylic acids is 1. The van der Waals surface area contributed by atoms with Crippen LogP contribution in [0.15, 0.2) is 18.2 Å². The third-order valence-electron chi connectivity index (χ3n) is 4.60. The molecule has 0 bridgehead atoms. The lowest BCUT2D eigenvalue weighted by Gasteiger charge is -2.23. The quantitative estimate of drug-likeness (QED) is 0.861. The molecule has 0 saturated heterocycles. The molecule has 3 heteroatoms. The highest BCUT2D eigenvalue weighted by Crippen LogP contribution is 2.40. The molecular weight excluding hydrogens is 262 g/mol. The first-order valence-electron chi connectivity index (χ1n) is 7.73. The second-order valence-electron chi connectivity index (χ2n) is 7.21. The van der Waals surface area contributed by atoms with Gasteiger partial charge < -0.3 is 10.1 Å². The van der Waals surface area contributed by atoms with Gasteiger partial charge in [0.25, 0.3) is 0 Å². The maximum absolute atomic E-state index is 11.2. The highest BCUT2D eigenvalue weighted by Gasteiger charge is 2.27. The molecule has 21 heavy (non-hydrogen) atoms. The van der Waals surface area contributed by atoms with Crippen LogP contribution in [0.5, 0.6) is 0 Å². The Morgan fingerprint density at radius 2 is 2.14 bits per heavy atom. The number of carbonyl (C=O) groups is 1. The summed E-state index contributed by atoms with van der Waals surface area (Å²) in [5.74, 6) is -0.551. The molecule has 0 fully saturated rings. The molecule has 0 aliphatic heterocycles. The molecule has 1 aromatic carbocycles. The molecule has 112 valence electrons. The maximum Gasteiger partial charge on any atom is 0.303 e. The van der Waals surface area contributed by atoms with Gasteiger partial charge in [-0.3, -0.25) is 4.79 Å². The van der Waals surface area contributed by atoms with E-state index in [0.717, 1.165) is 24.8 Å². The first kappa shape index (κ1) is 14.2. The van der Waals surface area contributed by atoms with Crippen LogP contribution in [-0.4, -0.2) is 16.1 Å². The summed E-state index contributed by atoms with van der Waals surface area (Å²) in [5, 5.41) is 10.4. The van der Waals surface area contributed by atoms with E-state index in [-0.39, 0.29) is 17.8 Å². The van der Waals surface area contributed by atoms with Gasteiger partial charge in [-0.05, 0) is 53.9 Å². The Kier molecular flexibility index (Phi) is 3.31. The molecule has 1 atom stereocenters. The van der Waals surface area contributed by atoms with Gasteiger partial charge in [0.05, 0.1) is 6.42 Å². The normalized spacial score (nSPS) is 18.7. The zero-order chi connectivity index (χ0) is 15.2. The first-order chi connectivity index (χ1) is 9.86. The van der Waals surface area contributed by atoms with Crippen LogP contribution in [0.2, 0.25) is 0 Å². The van der Waals surface area contributed by atoms with E-state index in [9.17, 15) is 9.90 Å². The van der Waals surface area contributed by atoms with Crippen molar-refractivity contribution >= 4 is 16.9 Å². The molecule has 0 saturated carbocycles. The summed E-state index contributed by atoms with van der Waals surface area (Å²) in [7, 11) is 0. The number of hydrogen-bond donors (Lipinski definition) is 2. The van der Waals surface area contributed by atoms with E-state index in [1.807, 2.05) is 0 Å². The van der Waals surface area contributed by atoms with Crippen molar-refractivity contribution in [2.75, 3.05) is 0 Å². The van der Waals surface area contributed by atoms with Gasteiger partial charge in [0.1, 0.15) is 0 Å². The Morgan fingerprint density at radius 3 is 2.81 bits per heavy atom. The number of hydrogen-bond acceptors (Lipinski definition) is 1. The zero-order valence-corrected chi connectivity index (χ0v) is 13.0. The Balaban J connectivity index is 2.15. The molecule has 0 amide bonds. The van der Waals surface area contributed by atoms with Gasteiger partial charge in [-0.25, -0.2) is 0 Å². The Bertz CT molecular complexity index is 691. The van der Waals surface area contributed by atoms with Gasteiger partial charge in [0, 0.05) is 16.6 Å². The van der Waals surface area contributed by atoms with Crippen LogP contribution < -0.4 is 0 Å². The monoisotopic (exact) mass is 285 g/mol. The van der Waals surface area contributed by atoms with Crippen molar-refractivity contribution < 1.29 is 9.90 Å². The van der Waals surface area contributed by atoms with Gasteiger partial charge in [-0.1, -0.05) is 26.8 Å². The fourth-order valence-corrected chi connectivity index (χ4v) is 3.48. The van der Waals surface area contributed by atoms with E-state index in [1.54, 1.807) is 0 Å². The molecular formula is C18H23NO2.